The van der Waals surface area contributed by atoms with Gasteiger partial charge in [0.05, 0.1) is 0 Å². The molecule has 3 atom stereocenters. The Bertz CT molecular complexity index is 174. The van der Waals surface area contributed by atoms with Gasteiger partial charge in [-0.3, -0.25) is 10.1 Å². The Morgan fingerprint density at radius 1 is 1.58 bits per heavy atom. The van der Waals surface area contributed by atoms with Crippen LogP contribution in [-0.4, -0.2) is 30.1 Å². The minimum atomic E-state index is -0.401. The largest absolute Gasteiger partial charge is 0.326 e. The van der Waals surface area contributed by atoms with E-state index >= 15 is 0 Å². The second-order valence-electron chi connectivity index (χ2n) is 3.31. The van der Waals surface area contributed by atoms with Crippen LogP contribution in [0, 0.1) is 10.1 Å². The first-order chi connectivity index (χ1) is 5.65. The first-order valence-electron chi connectivity index (χ1n) is 4.21. The summed E-state index contributed by atoms with van der Waals surface area (Å²) in [5, 5.41) is 13.5. The van der Waals surface area contributed by atoms with E-state index in [2.05, 4.69) is 5.32 Å². The van der Waals surface area contributed by atoms with Gasteiger partial charge in [-0.15, -0.1) is 0 Å². The SMILES string of the molecule is CNC1CC([N+](=O)[O-])CCC1N. The van der Waals surface area contributed by atoms with E-state index < -0.39 is 6.04 Å². The summed E-state index contributed by atoms with van der Waals surface area (Å²) in [6, 6.07) is -0.220. The van der Waals surface area contributed by atoms with Gasteiger partial charge >= 0.3 is 0 Å². The summed E-state index contributed by atoms with van der Waals surface area (Å²) in [5.74, 6) is 0. The Labute approximate surface area is 71.5 Å². The lowest BCUT2D eigenvalue weighted by atomic mass is 9.88. The summed E-state index contributed by atoms with van der Waals surface area (Å²) in [6.45, 7) is 0. The van der Waals surface area contributed by atoms with Crippen LogP contribution < -0.4 is 11.1 Å². The van der Waals surface area contributed by atoms with Gasteiger partial charge in [-0.25, -0.2) is 0 Å². The molecule has 0 heterocycles. The van der Waals surface area contributed by atoms with Crippen molar-refractivity contribution in [1.29, 1.82) is 0 Å². The maximum atomic E-state index is 10.5. The van der Waals surface area contributed by atoms with E-state index in [1.165, 1.54) is 0 Å². The second-order valence-corrected chi connectivity index (χ2v) is 3.31. The zero-order chi connectivity index (χ0) is 9.14. The van der Waals surface area contributed by atoms with Crippen molar-refractivity contribution in [1.82, 2.24) is 5.32 Å². The van der Waals surface area contributed by atoms with E-state index in [0.717, 1.165) is 6.42 Å². The van der Waals surface area contributed by atoms with Crippen molar-refractivity contribution in [2.45, 2.75) is 37.4 Å². The van der Waals surface area contributed by atoms with Gasteiger partial charge in [0, 0.05) is 29.8 Å². The number of nitrogens with one attached hydrogen (secondary N) is 1. The summed E-state index contributed by atoms with van der Waals surface area (Å²) >= 11 is 0. The van der Waals surface area contributed by atoms with Crippen LogP contribution in [0.1, 0.15) is 19.3 Å². The average molecular weight is 173 g/mol. The summed E-state index contributed by atoms with van der Waals surface area (Å²) in [4.78, 5) is 10.3. The fraction of sp³-hybridized carbons (Fsp3) is 1.00. The van der Waals surface area contributed by atoms with Crippen molar-refractivity contribution in [3.63, 3.8) is 0 Å². The number of hydrogen-bond acceptors (Lipinski definition) is 4. The van der Waals surface area contributed by atoms with E-state index in [0.29, 0.717) is 12.8 Å². The third kappa shape index (κ3) is 1.92. The topological polar surface area (TPSA) is 81.2 Å². The summed E-state index contributed by atoms with van der Waals surface area (Å²) in [7, 11) is 1.80. The van der Waals surface area contributed by atoms with Gasteiger partial charge in [0.1, 0.15) is 0 Å². The molecule has 1 aliphatic rings. The quantitative estimate of drug-likeness (QED) is 0.445. The molecule has 12 heavy (non-hydrogen) atoms. The van der Waals surface area contributed by atoms with Crippen molar-refractivity contribution in [3.8, 4) is 0 Å². The zero-order valence-corrected chi connectivity index (χ0v) is 7.19. The molecule has 0 aliphatic heterocycles. The van der Waals surface area contributed by atoms with Crippen molar-refractivity contribution < 1.29 is 4.92 Å². The monoisotopic (exact) mass is 173 g/mol. The second kappa shape index (κ2) is 3.82. The van der Waals surface area contributed by atoms with Crippen LogP contribution in [-0.2, 0) is 0 Å². The molecule has 3 unspecified atom stereocenters. The number of hydrogen-bond donors (Lipinski definition) is 2. The molecule has 1 fully saturated rings. The van der Waals surface area contributed by atoms with Crippen LogP contribution in [0.4, 0.5) is 0 Å². The van der Waals surface area contributed by atoms with E-state index in [-0.39, 0.29) is 17.0 Å². The summed E-state index contributed by atoms with van der Waals surface area (Å²) in [6.07, 6.45) is 1.92. The highest BCUT2D eigenvalue weighted by atomic mass is 16.6. The molecule has 1 saturated carbocycles. The van der Waals surface area contributed by atoms with E-state index in [1.54, 1.807) is 7.05 Å². The van der Waals surface area contributed by atoms with Crippen LogP contribution in [0.25, 0.3) is 0 Å². The first kappa shape index (κ1) is 9.41. The Morgan fingerprint density at radius 2 is 2.25 bits per heavy atom. The van der Waals surface area contributed by atoms with Gasteiger partial charge in [-0.1, -0.05) is 0 Å². The minimum Gasteiger partial charge on any atom is -0.326 e. The Morgan fingerprint density at radius 3 is 2.75 bits per heavy atom. The molecule has 0 saturated heterocycles. The third-order valence-electron chi connectivity index (χ3n) is 2.54. The third-order valence-corrected chi connectivity index (χ3v) is 2.54. The average Bonchev–Trinajstić information content (AvgIpc) is 2.05. The fourth-order valence-electron chi connectivity index (χ4n) is 1.70. The van der Waals surface area contributed by atoms with Crippen LogP contribution in [0.3, 0.4) is 0 Å². The maximum Gasteiger partial charge on any atom is 0.214 e. The van der Waals surface area contributed by atoms with Gasteiger partial charge in [0.2, 0.25) is 6.04 Å². The first-order valence-corrected chi connectivity index (χ1v) is 4.21. The highest BCUT2D eigenvalue weighted by Gasteiger charge is 2.33. The van der Waals surface area contributed by atoms with Gasteiger partial charge < -0.3 is 11.1 Å². The number of nitrogens with two attached hydrogens (primary N) is 1. The Hall–Kier alpha value is -0.680. The zero-order valence-electron chi connectivity index (χ0n) is 7.19. The number of nitro groups is 1. The molecule has 0 spiro atoms. The number of rotatable bonds is 2. The van der Waals surface area contributed by atoms with Gasteiger partial charge in [-0.05, 0) is 13.5 Å². The Balaban J connectivity index is 2.49. The molecule has 1 aliphatic carbocycles. The van der Waals surface area contributed by atoms with Crippen molar-refractivity contribution >= 4 is 0 Å². The van der Waals surface area contributed by atoms with Crippen LogP contribution >= 0.6 is 0 Å². The predicted molar refractivity (Wildman–Crippen MR) is 45.5 cm³/mol. The molecule has 0 amide bonds. The smallest absolute Gasteiger partial charge is 0.214 e. The minimum absolute atomic E-state index is 0.0752. The normalized spacial score (nSPS) is 36.3. The Kier molecular flexibility index (Phi) is 2.99. The molecule has 0 radical (unpaired) electrons. The van der Waals surface area contributed by atoms with Crippen molar-refractivity contribution in [2.24, 2.45) is 5.73 Å². The van der Waals surface area contributed by atoms with Gasteiger partial charge in [0.25, 0.3) is 0 Å². The highest BCUT2D eigenvalue weighted by molar-refractivity contribution is 4.86. The number of nitrogens with zero attached hydrogens (tertiary/aromatic N) is 1. The molecule has 70 valence electrons. The highest BCUT2D eigenvalue weighted by Crippen LogP contribution is 2.19. The molecule has 5 heteroatoms. The fourth-order valence-corrected chi connectivity index (χ4v) is 1.70. The number of likely N-dealkylation sites (N-methyl/N-ethyl adjacent to an activating group) is 1. The molecule has 1 rings (SSSR count). The lowest BCUT2D eigenvalue weighted by Crippen LogP contribution is -2.50. The van der Waals surface area contributed by atoms with Crippen LogP contribution in [0.15, 0.2) is 0 Å². The van der Waals surface area contributed by atoms with E-state index in [1.807, 2.05) is 0 Å². The lowest BCUT2D eigenvalue weighted by Gasteiger charge is -2.29. The standard InChI is InChI=1S/C7H15N3O2/c1-9-7-4-5(10(11)12)2-3-6(7)8/h5-7,9H,2-4,8H2,1H3. The summed E-state index contributed by atoms with van der Waals surface area (Å²) in [5.41, 5.74) is 5.77. The summed E-state index contributed by atoms with van der Waals surface area (Å²) < 4.78 is 0. The van der Waals surface area contributed by atoms with E-state index in [9.17, 15) is 10.1 Å². The lowest BCUT2D eigenvalue weighted by molar-refractivity contribution is -0.527. The molecule has 0 bridgehead atoms. The van der Waals surface area contributed by atoms with Crippen molar-refractivity contribution in [3.05, 3.63) is 10.1 Å². The van der Waals surface area contributed by atoms with Crippen LogP contribution in [0.2, 0.25) is 0 Å². The molecule has 0 aromatic carbocycles. The van der Waals surface area contributed by atoms with Gasteiger partial charge in [-0.2, -0.15) is 0 Å². The van der Waals surface area contributed by atoms with Crippen molar-refractivity contribution in [2.75, 3.05) is 7.05 Å². The molecule has 0 aromatic rings. The predicted octanol–water partition coefficient (Wildman–Crippen LogP) is -0.269. The molecule has 3 N–H and O–H groups in total. The molecule has 5 nitrogen and oxygen atoms in total. The molecular formula is C7H15N3O2. The molecule has 0 aromatic heterocycles. The van der Waals surface area contributed by atoms with E-state index in [4.69, 9.17) is 5.73 Å². The molecular weight excluding hydrogens is 158 g/mol. The maximum absolute atomic E-state index is 10.5. The van der Waals surface area contributed by atoms with Gasteiger partial charge in [0.15, 0.2) is 0 Å². The van der Waals surface area contributed by atoms with Crippen LogP contribution in [0.5, 0.6) is 0 Å².